The Morgan fingerprint density at radius 1 is 1.04 bits per heavy atom. The van der Waals surface area contributed by atoms with Crippen LogP contribution < -0.4 is 5.32 Å². The van der Waals surface area contributed by atoms with E-state index in [4.69, 9.17) is 0 Å². The number of urea groups is 1. The lowest BCUT2D eigenvalue weighted by atomic mass is 9.94. The van der Waals surface area contributed by atoms with E-state index in [-0.39, 0.29) is 6.03 Å². The predicted molar refractivity (Wildman–Crippen MR) is 94.8 cm³/mol. The Hall–Kier alpha value is -2.29. The van der Waals surface area contributed by atoms with Crippen molar-refractivity contribution in [3.63, 3.8) is 0 Å². The van der Waals surface area contributed by atoms with Crippen LogP contribution in [0.25, 0.3) is 0 Å². The van der Waals surface area contributed by atoms with Crippen molar-refractivity contribution in [1.82, 2.24) is 4.90 Å². The first-order chi connectivity index (χ1) is 11.2. The van der Waals surface area contributed by atoms with Crippen LogP contribution in [0.1, 0.15) is 36.3 Å². The molecule has 1 heterocycles. The van der Waals surface area contributed by atoms with E-state index in [1.165, 1.54) is 17.5 Å². The molecule has 1 saturated heterocycles. The van der Waals surface area contributed by atoms with Gasteiger partial charge in [-0.25, -0.2) is 4.79 Å². The molecule has 3 heteroatoms. The molecule has 1 unspecified atom stereocenters. The van der Waals surface area contributed by atoms with E-state index in [1.807, 2.05) is 42.2 Å². The van der Waals surface area contributed by atoms with Crippen molar-refractivity contribution in [2.75, 3.05) is 18.4 Å². The normalized spacial score (nSPS) is 18.3. The lowest BCUT2D eigenvalue weighted by Crippen LogP contribution is -2.37. The number of likely N-dealkylation sites (tertiary alicyclic amines) is 1. The minimum atomic E-state index is 0.0108. The number of hydrogen-bond donors (Lipinski definition) is 1. The van der Waals surface area contributed by atoms with Crippen LogP contribution in [0.2, 0.25) is 0 Å². The van der Waals surface area contributed by atoms with E-state index in [0.717, 1.165) is 31.6 Å². The maximum atomic E-state index is 12.6. The van der Waals surface area contributed by atoms with Crippen molar-refractivity contribution in [1.29, 1.82) is 0 Å². The lowest BCUT2D eigenvalue weighted by molar-refractivity contribution is 0.211. The van der Waals surface area contributed by atoms with Crippen LogP contribution in [0.15, 0.2) is 54.6 Å². The van der Waals surface area contributed by atoms with Crippen LogP contribution in [0.3, 0.4) is 0 Å². The van der Waals surface area contributed by atoms with Crippen LogP contribution in [0.5, 0.6) is 0 Å². The van der Waals surface area contributed by atoms with Gasteiger partial charge in [-0.3, -0.25) is 0 Å². The second kappa shape index (κ2) is 7.32. The number of amides is 2. The molecule has 0 aromatic heterocycles. The summed E-state index contributed by atoms with van der Waals surface area (Å²) in [5.41, 5.74) is 3.39. The number of nitrogens with zero attached hydrogens (tertiary/aromatic N) is 1. The molecule has 23 heavy (non-hydrogen) atoms. The number of nitrogens with one attached hydrogen (secondary N) is 1. The molecule has 1 fully saturated rings. The Labute approximate surface area is 138 Å². The molecule has 1 N–H and O–H groups in total. The fourth-order valence-electron chi connectivity index (χ4n) is 3.16. The molecule has 0 bridgehead atoms. The molecule has 1 aliphatic rings. The van der Waals surface area contributed by atoms with Crippen molar-refractivity contribution in [3.8, 4) is 0 Å². The Morgan fingerprint density at radius 3 is 2.52 bits per heavy atom. The van der Waals surface area contributed by atoms with Gasteiger partial charge in [-0.05, 0) is 37.5 Å². The van der Waals surface area contributed by atoms with Gasteiger partial charge in [0.1, 0.15) is 0 Å². The molecule has 0 saturated carbocycles. The quantitative estimate of drug-likeness (QED) is 0.849. The van der Waals surface area contributed by atoms with Crippen molar-refractivity contribution in [3.05, 3.63) is 65.7 Å². The Morgan fingerprint density at radius 2 is 1.78 bits per heavy atom. The summed E-state index contributed by atoms with van der Waals surface area (Å²) in [5.74, 6) is 0.433. The fraction of sp³-hybridized carbons (Fsp3) is 0.350. The summed E-state index contributed by atoms with van der Waals surface area (Å²) in [6.07, 6.45) is 3.40. The van der Waals surface area contributed by atoms with E-state index in [9.17, 15) is 4.79 Å². The van der Waals surface area contributed by atoms with E-state index in [2.05, 4.69) is 29.6 Å². The first-order valence-corrected chi connectivity index (χ1v) is 8.40. The number of carbonyl (C=O) groups excluding carboxylic acids is 1. The molecule has 120 valence electrons. The molecule has 1 aliphatic heterocycles. The summed E-state index contributed by atoms with van der Waals surface area (Å²) in [4.78, 5) is 14.6. The third-order valence-corrected chi connectivity index (χ3v) is 4.53. The zero-order valence-electron chi connectivity index (χ0n) is 13.7. The van der Waals surface area contributed by atoms with E-state index in [0.29, 0.717) is 5.92 Å². The predicted octanol–water partition coefficient (Wildman–Crippen LogP) is 4.80. The van der Waals surface area contributed by atoms with E-state index in [1.54, 1.807) is 0 Å². The smallest absolute Gasteiger partial charge is 0.321 e. The minimum Gasteiger partial charge on any atom is -0.324 e. The fourth-order valence-corrected chi connectivity index (χ4v) is 3.16. The second-order valence-electron chi connectivity index (χ2n) is 6.35. The minimum absolute atomic E-state index is 0.0108. The van der Waals surface area contributed by atoms with Crippen LogP contribution in [-0.2, 0) is 0 Å². The van der Waals surface area contributed by atoms with Gasteiger partial charge < -0.3 is 10.2 Å². The van der Waals surface area contributed by atoms with Gasteiger partial charge in [0.05, 0.1) is 0 Å². The third kappa shape index (κ3) is 4.13. The van der Waals surface area contributed by atoms with Crippen molar-refractivity contribution in [2.45, 2.75) is 32.1 Å². The van der Waals surface area contributed by atoms with Crippen LogP contribution in [0.4, 0.5) is 10.5 Å². The highest BCUT2D eigenvalue weighted by Crippen LogP contribution is 2.26. The SMILES string of the molecule is Cc1ccc(NC(=O)N2CCCCC(c3ccccc3)C2)cc1. The number of hydrogen-bond acceptors (Lipinski definition) is 1. The highest BCUT2D eigenvalue weighted by Gasteiger charge is 2.23. The number of carbonyl (C=O) groups is 1. The van der Waals surface area contributed by atoms with Gasteiger partial charge in [-0.15, -0.1) is 0 Å². The van der Waals surface area contributed by atoms with E-state index < -0.39 is 0 Å². The Kier molecular flexibility index (Phi) is 4.96. The van der Waals surface area contributed by atoms with E-state index >= 15 is 0 Å². The molecule has 3 nitrogen and oxygen atoms in total. The Bertz CT molecular complexity index is 636. The van der Waals surface area contributed by atoms with Crippen LogP contribution in [-0.4, -0.2) is 24.0 Å². The third-order valence-electron chi connectivity index (χ3n) is 4.53. The topological polar surface area (TPSA) is 32.3 Å². The van der Waals surface area contributed by atoms with Crippen molar-refractivity contribution < 1.29 is 4.79 Å². The van der Waals surface area contributed by atoms with Crippen molar-refractivity contribution in [2.24, 2.45) is 0 Å². The highest BCUT2D eigenvalue weighted by molar-refractivity contribution is 5.89. The summed E-state index contributed by atoms with van der Waals surface area (Å²) < 4.78 is 0. The van der Waals surface area contributed by atoms with Gasteiger partial charge in [0.2, 0.25) is 0 Å². The Balaban J connectivity index is 1.68. The molecule has 2 aromatic carbocycles. The summed E-state index contributed by atoms with van der Waals surface area (Å²) in [7, 11) is 0. The first kappa shape index (κ1) is 15.6. The molecule has 1 atom stereocenters. The molecular formula is C20H24N2O. The standard InChI is InChI=1S/C20H24N2O/c1-16-10-12-19(13-11-16)21-20(23)22-14-6-5-9-18(15-22)17-7-3-2-4-8-17/h2-4,7-8,10-13,18H,5-6,9,14-15H2,1H3,(H,21,23). The molecule has 0 spiro atoms. The van der Waals surface area contributed by atoms with Gasteiger partial charge in [0.15, 0.2) is 0 Å². The number of rotatable bonds is 2. The zero-order chi connectivity index (χ0) is 16.1. The average Bonchev–Trinajstić information content (AvgIpc) is 2.84. The number of anilines is 1. The molecule has 0 aliphatic carbocycles. The molecular weight excluding hydrogens is 284 g/mol. The van der Waals surface area contributed by atoms with Gasteiger partial charge in [-0.1, -0.05) is 54.4 Å². The summed E-state index contributed by atoms with van der Waals surface area (Å²) in [5, 5.41) is 3.03. The summed E-state index contributed by atoms with van der Waals surface area (Å²) >= 11 is 0. The summed E-state index contributed by atoms with van der Waals surface area (Å²) in [6, 6.07) is 18.5. The molecule has 2 aromatic rings. The molecule has 3 rings (SSSR count). The maximum Gasteiger partial charge on any atom is 0.321 e. The second-order valence-corrected chi connectivity index (χ2v) is 6.35. The monoisotopic (exact) mass is 308 g/mol. The van der Waals surface area contributed by atoms with Gasteiger partial charge >= 0.3 is 6.03 Å². The van der Waals surface area contributed by atoms with Gasteiger partial charge in [0, 0.05) is 24.7 Å². The molecule has 2 amide bonds. The largest absolute Gasteiger partial charge is 0.324 e. The molecule has 0 radical (unpaired) electrons. The zero-order valence-corrected chi connectivity index (χ0v) is 13.7. The average molecular weight is 308 g/mol. The first-order valence-electron chi connectivity index (χ1n) is 8.40. The highest BCUT2D eigenvalue weighted by atomic mass is 16.2. The van der Waals surface area contributed by atoms with Crippen LogP contribution in [0, 0.1) is 6.92 Å². The maximum absolute atomic E-state index is 12.6. The summed E-state index contributed by atoms with van der Waals surface area (Å²) in [6.45, 7) is 3.67. The van der Waals surface area contributed by atoms with Crippen LogP contribution >= 0.6 is 0 Å². The number of benzene rings is 2. The van der Waals surface area contributed by atoms with Gasteiger partial charge in [0.25, 0.3) is 0 Å². The lowest BCUT2D eigenvalue weighted by Gasteiger charge is -2.25. The van der Waals surface area contributed by atoms with Crippen molar-refractivity contribution >= 4 is 11.7 Å². The van der Waals surface area contributed by atoms with Gasteiger partial charge in [-0.2, -0.15) is 0 Å². The number of aryl methyl sites for hydroxylation is 1.